The van der Waals surface area contributed by atoms with E-state index in [9.17, 15) is 0 Å². The Morgan fingerprint density at radius 3 is 2.81 bits per heavy atom. The third-order valence-electron chi connectivity index (χ3n) is 2.83. The van der Waals surface area contributed by atoms with Crippen LogP contribution in [-0.4, -0.2) is 29.5 Å². The Balaban J connectivity index is 2.76. The zero-order valence-corrected chi connectivity index (χ0v) is 10.7. The highest BCUT2D eigenvalue weighted by Gasteiger charge is 2.17. The van der Waals surface area contributed by atoms with Crippen molar-refractivity contribution in [3.05, 3.63) is 18.0 Å². The van der Waals surface area contributed by atoms with Gasteiger partial charge in [0.25, 0.3) is 0 Å². The lowest BCUT2D eigenvalue weighted by molar-refractivity contribution is 0.0995. The standard InChI is InChI=1S/C12H23N3O/c1-5-13-11(9-10(3)16-4)12-7-8-14-15(12)6-2/h7-8,10-11,13H,5-6,9H2,1-4H3. The highest BCUT2D eigenvalue weighted by molar-refractivity contribution is 5.07. The monoisotopic (exact) mass is 225 g/mol. The quantitative estimate of drug-likeness (QED) is 0.771. The van der Waals surface area contributed by atoms with Gasteiger partial charge in [-0.2, -0.15) is 5.10 Å². The molecule has 2 unspecified atom stereocenters. The molecule has 0 radical (unpaired) electrons. The summed E-state index contributed by atoms with van der Waals surface area (Å²) < 4.78 is 7.37. The number of nitrogens with zero attached hydrogens (tertiary/aromatic N) is 2. The molecule has 0 aromatic carbocycles. The van der Waals surface area contributed by atoms with Crippen molar-refractivity contribution in [2.24, 2.45) is 0 Å². The topological polar surface area (TPSA) is 39.1 Å². The van der Waals surface area contributed by atoms with Gasteiger partial charge in [0.05, 0.1) is 17.8 Å². The molecule has 0 fully saturated rings. The van der Waals surface area contributed by atoms with Gasteiger partial charge in [-0.3, -0.25) is 4.68 Å². The molecule has 1 N–H and O–H groups in total. The van der Waals surface area contributed by atoms with Crippen molar-refractivity contribution in [2.45, 2.75) is 45.9 Å². The molecule has 2 atom stereocenters. The highest BCUT2D eigenvalue weighted by atomic mass is 16.5. The Morgan fingerprint density at radius 1 is 1.50 bits per heavy atom. The van der Waals surface area contributed by atoms with E-state index >= 15 is 0 Å². The summed E-state index contributed by atoms with van der Waals surface area (Å²) in [6, 6.07) is 2.40. The number of nitrogens with one attached hydrogen (secondary N) is 1. The number of hydrogen-bond donors (Lipinski definition) is 1. The van der Waals surface area contributed by atoms with Gasteiger partial charge in [0.15, 0.2) is 0 Å². The average molecular weight is 225 g/mol. The van der Waals surface area contributed by atoms with Crippen LogP contribution in [0.1, 0.15) is 38.9 Å². The fourth-order valence-electron chi connectivity index (χ4n) is 1.89. The molecule has 0 amide bonds. The first kappa shape index (κ1) is 13.2. The van der Waals surface area contributed by atoms with E-state index in [0.29, 0.717) is 6.04 Å². The highest BCUT2D eigenvalue weighted by Crippen LogP contribution is 2.19. The molecule has 0 aliphatic carbocycles. The summed E-state index contributed by atoms with van der Waals surface area (Å²) in [7, 11) is 1.75. The SMILES string of the molecule is CCNC(CC(C)OC)c1ccnn1CC. The molecular weight excluding hydrogens is 202 g/mol. The van der Waals surface area contributed by atoms with Crippen LogP contribution >= 0.6 is 0 Å². The minimum absolute atomic E-state index is 0.254. The summed E-state index contributed by atoms with van der Waals surface area (Å²) in [6.07, 6.45) is 3.08. The number of rotatable bonds is 7. The maximum Gasteiger partial charge on any atom is 0.0561 e. The van der Waals surface area contributed by atoms with E-state index in [-0.39, 0.29) is 6.10 Å². The van der Waals surface area contributed by atoms with E-state index in [4.69, 9.17) is 4.74 Å². The minimum atomic E-state index is 0.254. The van der Waals surface area contributed by atoms with E-state index in [1.807, 2.05) is 10.9 Å². The van der Waals surface area contributed by atoms with Crippen LogP contribution in [0, 0.1) is 0 Å². The average Bonchev–Trinajstić information content (AvgIpc) is 2.76. The van der Waals surface area contributed by atoms with Crippen molar-refractivity contribution < 1.29 is 4.74 Å². The zero-order valence-electron chi connectivity index (χ0n) is 10.7. The van der Waals surface area contributed by atoms with Crippen LogP contribution in [0.4, 0.5) is 0 Å². The van der Waals surface area contributed by atoms with Crippen molar-refractivity contribution in [1.82, 2.24) is 15.1 Å². The molecule has 0 saturated heterocycles. The summed E-state index contributed by atoms with van der Waals surface area (Å²) in [6.45, 7) is 8.19. The summed E-state index contributed by atoms with van der Waals surface area (Å²) in [5, 5.41) is 7.79. The molecule has 4 nitrogen and oxygen atoms in total. The molecule has 1 heterocycles. The van der Waals surface area contributed by atoms with Crippen LogP contribution in [0.3, 0.4) is 0 Å². The largest absolute Gasteiger partial charge is 0.382 e. The Hall–Kier alpha value is -0.870. The van der Waals surface area contributed by atoms with Gasteiger partial charge in [0, 0.05) is 19.9 Å². The van der Waals surface area contributed by atoms with E-state index < -0.39 is 0 Å². The molecule has 0 aliphatic rings. The van der Waals surface area contributed by atoms with E-state index in [1.54, 1.807) is 7.11 Å². The van der Waals surface area contributed by atoms with Gasteiger partial charge in [-0.1, -0.05) is 6.92 Å². The first-order chi connectivity index (χ1) is 7.72. The van der Waals surface area contributed by atoms with Crippen LogP contribution in [0.15, 0.2) is 12.3 Å². The second-order valence-corrected chi connectivity index (χ2v) is 3.96. The molecule has 0 spiro atoms. The molecule has 92 valence electrons. The second kappa shape index (κ2) is 6.66. The maximum atomic E-state index is 5.33. The predicted molar refractivity (Wildman–Crippen MR) is 65.4 cm³/mol. The van der Waals surface area contributed by atoms with Crippen molar-refractivity contribution >= 4 is 0 Å². The van der Waals surface area contributed by atoms with E-state index in [1.165, 1.54) is 5.69 Å². The molecule has 4 heteroatoms. The van der Waals surface area contributed by atoms with Gasteiger partial charge in [0.2, 0.25) is 0 Å². The number of aryl methyl sites for hydroxylation is 1. The predicted octanol–water partition coefficient (Wildman–Crippen LogP) is 1.98. The zero-order chi connectivity index (χ0) is 12.0. The lowest BCUT2D eigenvalue weighted by Gasteiger charge is -2.21. The Bertz CT molecular complexity index is 298. The molecule has 1 aromatic heterocycles. The fourth-order valence-corrected chi connectivity index (χ4v) is 1.89. The van der Waals surface area contributed by atoms with Crippen molar-refractivity contribution in [1.29, 1.82) is 0 Å². The Kier molecular flexibility index (Phi) is 5.49. The maximum absolute atomic E-state index is 5.33. The Morgan fingerprint density at radius 2 is 2.25 bits per heavy atom. The van der Waals surface area contributed by atoms with Gasteiger partial charge in [-0.25, -0.2) is 0 Å². The third kappa shape index (κ3) is 3.32. The van der Waals surface area contributed by atoms with Crippen LogP contribution < -0.4 is 5.32 Å². The summed E-state index contributed by atoms with van der Waals surface area (Å²) in [5.41, 5.74) is 1.24. The Labute approximate surface area is 98.0 Å². The molecule has 0 aliphatic heterocycles. The van der Waals surface area contributed by atoms with Gasteiger partial charge in [-0.05, 0) is 32.9 Å². The van der Waals surface area contributed by atoms with E-state index in [2.05, 4.69) is 37.3 Å². The van der Waals surface area contributed by atoms with Crippen molar-refractivity contribution in [2.75, 3.05) is 13.7 Å². The van der Waals surface area contributed by atoms with Gasteiger partial charge < -0.3 is 10.1 Å². The van der Waals surface area contributed by atoms with Crippen LogP contribution in [0.2, 0.25) is 0 Å². The smallest absolute Gasteiger partial charge is 0.0561 e. The van der Waals surface area contributed by atoms with Crippen molar-refractivity contribution in [3.8, 4) is 0 Å². The van der Waals surface area contributed by atoms with Crippen LogP contribution in [0.5, 0.6) is 0 Å². The fraction of sp³-hybridized carbons (Fsp3) is 0.750. The lowest BCUT2D eigenvalue weighted by Crippen LogP contribution is -2.27. The number of methoxy groups -OCH3 is 1. The van der Waals surface area contributed by atoms with Crippen molar-refractivity contribution in [3.63, 3.8) is 0 Å². The first-order valence-electron chi connectivity index (χ1n) is 6.00. The van der Waals surface area contributed by atoms with Gasteiger partial charge >= 0.3 is 0 Å². The molecular formula is C12H23N3O. The summed E-state index contributed by atoms with van der Waals surface area (Å²) in [5.74, 6) is 0. The molecule has 16 heavy (non-hydrogen) atoms. The second-order valence-electron chi connectivity index (χ2n) is 3.96. The molecule has 1 aromatic rings. The third-order valence-corrected chi connectivity index (χ3v) is 2.83. The van der Waals surface area contributed by atoms with Crippen LogP contribution in [0.25, 0.3) is 0 Å². The summed E-state index contributed by atoms with van der Waals surface area (Å²) >= 11 is 0. The first-order valence-corrected chi connectivity index (χ1v) is 6.00. The number of hydrogen-bond acceptors (Lipinski definition) is 3. The number of ether oxygens (including phenoxy) is 1. The molecule has 1 rings (SSSR count). The normalized spacial score (nSPS) is 15.0. The lowest BCUT2D eigenvalue weighted by atomic mass is 10.1. The van der Waals surface area contributed by atoms with E-state index in [0.717, 1.165) is 19.5 Å². The van der Waals surface area contributed by atoms with Crippen LogP contribution in [-0.2, 0) is 11.3 Å². The molecule has 0 saturated carbocycles. The minimum Gasteiger partial charge on any atom is -0.382 e. The van der Waals surface area contributed by atoms with Gasteiger partial charge in [-0.15, -0.1) is 0 Å². The molecule has 0 bridgehead atoms. The van der Waals surface area contributed by atoms with Gasteiger partial charge in [0.1, 0.15) is 0 Å². The summed E-state index contributed by atoms with van der Waals surface area (Å²) in [4.78, 5) is 0. The number of aromatic nitrogens is 2.